The summed E-state index contributed by atoms with van der Waals surface area (Å²) in [7, 11) is 0. The number of carboxylic acid groups (broad SMARTS) is 1. The Morgan fingerprint density at radius 3 is 3.17 bits per heavy atom. The highest BCUT2D eigenvalue weighted by Crippen LogP contribution is 1.95. The number of rotatable bonds is 1. The summed E-state index contributed by atoms with van der Waals surface area (Å²) in [6.45, 7) is 0. The number of carbonyl (C=O) groups is 1. The molecule has 12 heavy (non-hydrogen) atoms. The van der Waals surface area contributed by atoms with Crippen molar-refractivity contribution < 1.29 is 9.90 Å². The van der Waals surface area contributed by atoms with Gasteiger partial charge in [0.25, 0.3) is 11.6 Å². The van der Waals surface area contributed by atoms with Crippen LogP contribution in [-0.4, -0.2) is 30.7 Å². The summed E-state index contributed by atoms with van der Waals surface area (Å²) >= 11 is 0. The van der Waals surface area contributed by atoms with Crippen LogP contribution in [0, 0.1) is 6.20 Å². The lowest BCUT2D eigenvalue weighted by molar-refractivity contribution is 0.0684. The zero-order chi connectivity index (χ0) is 8.55. The summed E-state index contributed by atoms with van der Waals surface area (Å²) in [4.78, 5) is 17.8. The van der Waals surface area contributed by atoms with E-state index in [-0.39, 0.29) is 11.6 Å². The second-order valence-electron chi connectivity index (χ2n) is 2.03. The number of hydrogen-bond acceptors (Lipinski definition) is 4. The van der Waals surface area contributed by atoms with Crippen molar-refractivity contribution >= 4 is 11.7 Å². The molecule has 0 bridgehead atoms. The molecule has 1 N–H and O–H groups in total. The highest BCUT2D eigenvalue weighted by atomic mass is 16.4. The van der Waals surface area contributed by atoms with Crippen LogP contribution >= 0.6 is 0 Å². The molecular weight excluding hydrogens is 160 g/mol. The van der Waals surface area contributed by atoms with Crippen LogP contribution in [0.1, 0.15) is 10.6 Å². The smallest absolute Gasteiger partial charge is 0.375 e. The number of nitrogens with zero attached hydrogens (tertiary/aromatic N) is 4. The van der Waals surface area contributed by atoms with Crippen LogP contribution in [0.5, 0.6) is 0 Å². The van der Waals surface area contributed by atoms with Gasteiger partial charge < -0.3 is 5.11 Å². The lowest BCUT2D eigenvalue weighted by atomic mass is 10.6. The fraction of sp³-hybridized carbons (Fsp3) is 0. The van der Waals surface area contributed by atoms with Crippen molar-refractivity contribution in [3.63, 3.8) is 0 Å². The zero-order valence-electron chi connectivity index (χ0n) is 5.80. The van der Waals surface area contributed by atoms with Gasteiger partial charge in [-0.05, 0) is 6.07 Å². The maximum absolute atomic E-state index is 10.4. The minimum atomic E-state index is -1.17. The summed E-state index contributed by atoms with van der Waals surface area (Å²) < 4.78 is 1.18. The van der Waals surface area contributed by atoms with E-state index in [0.717, 1.165) is 0 Å². The molecule has 1 radical (unpaired) electrons. The van der Waals surface area contributed by atoms with Crippen LogP contribution in [0.2, 0.25) is 0 Å². The first kappa shape index (κ1) is 6.71. The van der Waals surface area contributed by atoms with Gasteiger partial charge in [-0.1, -0.05) is 0 Å². The van der Waals surface area contributed by atoms with Crippen molar-refractivity contribution in [2.45, 2.75) is 0 Å². The quantitative estimate of drug-likeness (QED) is 0.619. The largest absolute Gasteiger partial charge is 0.475 e. The predicted molar refractivity (Wildman–Crippen MR) is 36.6 cm³/mol. The Balaban J connectivity index is 2.70. The lowest BCUT2D eigenvalue weighted by Crippen LogP contribution is -1.99. The molecule has 0 aliphatic rings. The van der Waals surface area contributed by atoms with Crippen LogP contribution in [0.4, 0.5) is 0 Å². The summed E-state index contributed by atoms with van der Waals surface area (Å²) in [6, 6.07) is 1.52. The van der Waals surface area contributed by atoms with Crippen molar-refractivity contribution in [3.8, 4) is 0 Å². The molecule has 2 aromatic rings. The van der Waals surface area contributed by atoms with Crippen molar-refractivity contribution in [2.75, 3.05) is 0 Å². The molecule has 0 unspecified atom stereocenters. The van der Waals surface area contributed by atoms with E-state index in [0.29, 0.717) is 0 Å². The molecule has 2 rings (SSSR count). The van der Waals surface area contributed by atoms with Gasteiger partial charge >= 0.3 is 5.97 Å². The Bertz CT molecular complexity index is 403. The Hall–Kier alpha value is -1.98. The Morgan fingerprint density at radius 1 is 1.67 bits per heavy atom. The molecule has 2 heterocycles. The molecule has 6 nitrogen and oxygen atoms in total. The van der Waals surface area contributed by atoms with Gasteiger partial charge in [0.15, 0.2) is 0 Å². The normalized spacial score (nSPS) is 10.3. The number of fused-ring (bicyclic) bond motifs is 1. The van der Waals surface area contributed by atoms with Crippen LogP contribution in [-0.2, 0) is 0 Å². The molecule has 0 saturated carbocycles. The highest BCUT2D eigenvalue weighted by Gasteiger charge is 2.10. The first-order valence-corrected chi connectivity index (χ1v) is 3.10. The summed E-state index contributed by atoms with van der Waals surface area (Å²) in [5.41, 5.74) is 0. The summed E-state index contributed by atoms with van der Waals surface area (Å²) in [5, 5.41) is 12.1. The molecule has 0 aliphatic heterocycles. The molecule has 0 saturated heterocycles. The highest BCUT2D eigenvalue weighted by molar-refractivity contribution is 5.83. The molecule has 0 amide bonds. The van der Waals surface area contributed by atoms with Gasteiger partial charge in [-0.3, -0.25) is 0 Å². The van der Waals surface area contributed by atoms with Gasteiger partial charge in [0.2, 0.25) is 0 Å². The third-order valence-electron chi connectivity index (χ3n) is 1.24. The minimum Gasteiger partial charge on any atom is -0.475 e. The number of aromatic carboxylic acids is 1. The average molecular weight is 163 g/mol. The van der Waals surface area contributed by atoms with E-state index in [9.17, 15) is 4.79 Å². The molecule has 59 valence electrons. The van der Waals surface area contributed by atoms with E-state index in [2.05, 4.69) is 21.3 Å². The Labute approximate surface area is 66.5 Å². The van der Waals surface area contributed by atoms with Gasteiger partial charge in [-0.2, -0.15) is 9.50 Å². The van der Waals surface area contributed by atoms with Crippen molar-refractivity contribution in [2.24, 2.45) is 0 Å². The molecule has 0 aliphatic carbocycles. The molecular formula is C6H3N4O2. The average Bonchev–Trinajstić information content (AvgIpc) is 2.46. The van der Waals surface area contributed by atoms with Gasteiger partial charge in [0.05, 0.1) is 6.20 Å². The van der Waals surface area contributed by atoms with E-state index < -0.39 is 5.97 Å². The van der Waals surface area contributed by atoms with Crippen LogP contribution < -0.4 is 0 Å². The standard InChI is InChI=1S/C6H3N4O2/c11-5(12)4-8-6-7-2-1-3-10(6)9-4/h1-2H,(H,11,12). The fourth-order valence-corrected chi connectivity index (χ4v) is 0.773. The molecule has 0 atom stereocenters. The number of carboxylic acids is 1. The van der Waals surface area contributed by atoms with Gasteiger partial charge in [0, 0.05) is 6.20 Å². The van der Waals surface area contributed by atoms with E-state index in [1.54, 1.807) is 0 Å². The zero-order valence-corrected chi connectivity index (χ0v) is 5.80. The summed E-state index contributed by atoms with van der Waals surface area (Å²) in [5.74, 6) is -1.21. The van der Waals surface area contributed by atoms with E-state index in [1.165, 1.54) is 16.8 Å². The van der Waals surface area contributed by atoms with E-state index in [1.807, 2.05) is 0 Å². The third-order valence-corrected chi connectivity index (χ3v) is 1.24. The Kier molecular flexibility index (Phi) is 1.26. The van der Waals surface area contributed by atoms with Gasteiger partial charge in [0.1, 0.15) is 0 Å². The Morgan fingerprint density at radius 2 is 2.50 bits per heavy atom. The maximum Gasteiger partial charge on any atom is 0.375 e. The maximum atomic E-state index is 10.4. The SMILES string of the molecule is O=C(O)c1nc2ncc[c]n2n1. The fourth-order valence-electron chi connectivity index (χ4n) is 0.773. The van der Waals surface area contributed by atoms with Gasteiger partial charge in [-0.25, -0.2) is 9.78 Å². The minimum absolute atomic E-state index is 0.231. The topological polar surface area (TPSA) is 80.4 Å². The first-order chi connectivity index (χ1) is 5.77. The molecule has 2 aromatic heterocycles. The number of hydrogen-bond donors (Lipinski definition) is 1. The molecule has 0 fully saturated rings. The van der Waals surface area contributed by atoms with E-state index in [4.69, 9.17) is 5.11 Å². The molecule has 0 spiro atoms. The molecule has 6 heteroatoms. The first-order valence-electron chi connectivity index (χ1n) is 3.10. The van der Waals surface area contributed by atoms with Crippen molar-refractivity contribution in [1.82, 2.24) is 19.6 Å². The van der Waals surface area contributed by atoms with E-state index >= 15 is 0 Å². The summed E-state index contributed by atoms with van der Waals surface area (Å²) in [6.07, 6.45) is 4.11. The number of aromatic nitrogens is 4. The third kappa shape index (κ3) is 0.895. The molecule has 0 aromatic carbocycles. The second kappa shape index (κ2) is 2.26. The van der Waals surface area contributed by atoms with Crippen LogP contribution in [0.25, 0.3) is 5.78 Å². The van der Waals surface area contributed by atoms with Crippen LogP contribution in [0.3, 0.4) is 0 Å². The van der Waals surface area contributed by atoms with Crippen molar-refractivity contribution in [3.05, 3.63) is 24.3 Å². The predicted octanol–water partition coefficient (Wildman–Crippen LogP) is -0.377. The van der Waals surface area contributed by atoms with Crippen molar-refractivity contribution in [1.29, 1.82) is 0 Å². The second-order valence-corrected chi connectivity index (χ2v) is 2.03. The lowest BCUT2D eigenvalue weighted by Gasteiger charge is -1.82. The van der Waals surface area contributed by atoms with Crippen LogP contribution in [0.15, 0.2) is 12.3 Å². The monoisotopic (exact) mass is 163 g/mol. The van der Waals surface area contributed by atoms with Gasteiger partial charge in [-0.15, -0.1) is 5.10 Å².